The van der Waals surface area contributed by atoms with Gasteiger partial charge in [-0.05, 0) is 23.6 Å². The van der Waals surface area contributed by atoms with Gasteiger partial charge in [0.1, 0.15) is 11.5 Å². The molecule has 4 heteroatoms. The van der Waals surface area contributed by atoms with E-state index in [4.69, 9.17) is 10.5 Å². The Kier molecular flexibility index (Phi) is 4.93. The number of ether oxygens (including phenoxy) is 1. The highest BCUT2D eigenvalue weighted by molar-refractivity contribution is 5.27. The molecule has 0 spiro atoms. The van der Waals surface area contributed by atoms with Crippen LogP contribution in [-0.4, -0.2) is 24.5 Å². The first-order valence-electron chi connectivity index (χ1n) is 5.82. The Morgan fingerprint density at radius 2 is 1.94 bits per heavy atom. The summed E-state index contributed by atoms with van der Waals surface area (Å²) >= 11 is 0. The van der Waals surface area contributed by atoms with Crippen LogP contribution in [0.4, 0.5) is 0 Å². The third-order valence-corrected chi connectivity index (χ3v) is 3.02. The number of nitrogens with two attached hydrogens (primary N) is 1. The van der Waals surface area contributed by atoms with E-state index in [1.165, 1.54) is 0 Å². The van der Waals surface area contributed by atoms with Gasteiger partial charge >= 0.3 is 0 Å². The van der Waals surface area contributed by atoms with Gasteiger partial charge in [0.2, 0.25) is 0 Å². The number of hydrogen-bond acceptors (Lipinski definition) is 4. The zero-order valence-electron chi connectivity index (χ0n) is 10.7. The minimum absolute atomic E-state index is 0.0609. The Hall–Kier alpha value is -1.10. The van der Waals surface area contributed by atoms with E-state index in [2.05, 4.69) is 5.32 Å². The van der Waals surface area contributed by atoms with E-state index >= 15 is 0 Å². The first kappa shape index (κ1) is 14.0. The number of rotatable bonds is 6. The van der Waals surface area contributed by atoms with E-state index in [9.17, 15) is 5.11 Å². The average molecular weight is 238 g/mol. The quantitative estimate of drug-likeness (QED) is 0.649. The van der Waals surface area contributed by atoms with E-state index in [0.717, 1.165) is 11.3 Å². The van der Waals surface area contributed by atoms with Crippen molar-refractivity contribution >= 4 is 0 Å². The Morgan fingerprint density at radius 3 is 2.35 bits per heavy atom. The summed E-state index contributed by atoms with van der Waals surface area (Å²) in [7, 11) is 1.64. The third-order valence-electron chi connectivity index (χ3n) is 3.02. The van der Waals surface area contributed by atoms with Gasteiger partial charge in [0.05, 0.1) is 7.11 Å². The van der Waals surface area contributed by atoms with E-state index in [1.54, 1.807) is 7.11 Å². The SMILES string of the molecule is COc1ccc(CNC(O)(CN)C(C)C)cc1. The summed E-state index contributed by atoms with van der Waals surface area (Å²) in [5, 5.41) is 13.3. The molecule has 0 amide bonds. The largest absolute Gasteiger partial charge is 0.497 e. The van der Waals surface area contributed by atoms with Gasteiger partial charge in [-0.15, -0.1) is 0 Å². The fraction of sp³-hybridized carbons (Fsp3) is 0.538. The van der Waals surface area contributed by atoms with Crippen molar-refractivity contribution in [1.82, 2.24) is 5.32 Å². The first-order valence-corrected chi connectivity index (χ1v) is 5.82. The predicted octanol–water partition coefficient (Wildman–Crippen LogP) is 1.09. The van der Waals surface area contributed by atoms with Crippen LogP contribution in [0, 0.1) is 5.92 Å². The molecule has 1 atom stereocenters. The van der Waals surface area contributed by atoms with E-state index in [-0.39, 0.29) is 12.5 Å². The molecule has 0 aliphatic carbocycles. The fourth-order valence-corrected chi connectivity index (χ4v) is 1.51. The Labute approximate surface area is 103 Å². The van der Waals surface area contributed by atoms with E-state index in [0.29, 0.717) is 6.54 Å². The molecule has 96 valence electrons. The summed E-state index contributed by atoms with van der Waals surface area (Å²) < 4.78 is 5.08. The molecule has 4 N–H and O–H groups in total. The molecule has 0 heterocycles. The zero-order chi connectivity index (χ0) is 12.9. The Balaban J connectivity index is 2.59. The van der Waals surface area contributed by atoms with Crippen LogP contribution in [-0.2, 0) is 6.54 Å². The maximum Gasteiger partial charge on any atom is 0.130 e. The lowest BCUT2D eigenvalue weighted by molar-refractivity contribution is -0.0306. The average Bonchev–Trinajstić information content (AvgIpc) is 2.36. The van der Waals surface area contributed by atoms with Crippen LogP contribution < -0.4 is 15.8 Å². The van der Waals surface area contributed by atoms with Gasteiger partial charge in [-0.25, -0.2) is 0 Å². The van der Waals surface area contributed by atoms with Gasteiger partial charge in [-0.3, -0.25) is 5.32 Å². The van der Waals surface area contributed by atoms with Crippen molar-refractivity contribution in [1.29, 1.82) is 0 Å². The van der Waals surface area contributed by atoms with E-state index in [1.807, 2.05) is 38.1 Å². The molecule has 17 heavy (non-hydrogen) atoms. The molecule has 0 saturated heterocycles. The highest BCUT2D eigenvalue weighted by Crippen LogP contribution is 2.15. The maximum atomic E-state index is 10.2. The van der Waals surface area contributed by atoms with Crippen LogP contribution in [0.3, 0.4) is 0 Å². The molecule has 0 fully saturated rings. The second kappa shape index (κ2) is 6.00. The summed E-state index contributed by atoms with van der Waals surface area (Å²) in [5.74, 6) is 0.887. The van der Waals surface area contributed by atoms with Crippen LogP contribution in [0.5, 0.6) is 5.75 Å². The van der Waals surface area contributed by atoms with Crippen LogP contribution in [0.25, 0.3) is 0 Å². The number of benzene rings is 1. The van der Waals surface area contributed by atoms with Gasteiger partial charge in [0.15, 0.2) is 0 Å². The molecule has 0 bridgehead atoms. The smallest absolute Gasteiger partial charge is 0.130 e. The number of aliphatic hydroxyl groups is 1. The second-order valence-electron chi connectivity index (χ2n) is 4.48. The maximum absolute atomic E-state index is 10.2. The van der Waals surface area contributed by atoms with Crippen molar-refractivity contribution in [2.75, 3.05) is 13.7 Å². The van der Waals surface area contributed by atoms with Crippen LogP contribution >= 0.6 is 0 Å². The fourth-order valence-electron chi connectivity index (χ4n) is 1.51. The van der Waals surface area contributed by atoms with Crippen LogP contribution in [0.1, 0.15) is 19.4 Å². The normalized spacial score (nSPS) is 14.7. The third kappa shape index (κ3) is 3.70. The molecule has 1 aromatic carbocycles. The topological polar surface area (TPSA) is 67.5 Å². The number of hydrogen-bond donors (Lipinski definition) is 3. The minimum atomic E-state index is -1.01. The molecule has 1 rings (SSSR count). The van der Waals surface area contributed by atoms with Gasteiger partial charge in [-0.2, -0.15) is 0 Å². The lowest BCUT2D eigenvalue weighted by Crippen LogP contribution is -2.54. The summed E-state index contributed by atoms with van der Waals surface area (Å²) in [4.78, 5) is 0. The molecule has 0 aliphatic rings. The van der Waals surface area contributed by atoms with Crippen molar-refractivity contribution in [2.24, 2.45) is 11.7 Å². The van der Waals surface area contributed by atoms with Crippen molar-refractivity contribution in [3.8, 4) is 5.75 Å². The highest BCUT2D eigenvalue weighted by atomic mass is 16.5. The predicted molar refractivity (Wildman–Crippen MR) is 68.7 cm³/mol. The standard InChI is InChI=1S/C13H22N2O2/c1-10(2)13(16,9-14)15-8-11-4-6-12(17-3)7-5-11/h4-7,10,15-16H,8-9,14H2,1-3H3. The van der Waals surface area contributed by atoms with Gasteiger partial charge in [0.25, 0.3) is 0 Å². The van der Waals surface area contributed by atoms with Gasteiger partial charge in [-0.1, -0.05) is 26.0 Å². The zero-order valence-corrected chi connectivity index (χ0v) is 10.7. The van der Waals surface area contributed by atoms with Crippen molar-refractivity contribution in [2.45, 2.75) is 26.1 Å². The Morgan fingerprint density at radius 1 is 1.35 bits per heavy atom. The summed E-state index contributed by atoms with van der Waals surface area (Å²) in [6.45, 7) is 4.65. The van der Waals surface area contributed by atoms with Crippen molar-refractivity contribution < 1.29 is 9.84 Å². The second-order valence-corrected chi connectivity index (χ2v) is 4.48. The lowest BCUT2D eigenvalue weighted by atomic mass is 9.99. The molecule has 0 aliphatic heterocycles. The summed E-state index contributed by atoms with van der Waals surface area (Å²) in [6.07, 6.45) is 0. The first-order chi connectivity index (χ1) is 8.01. The monoisotopic (exact) mass is 238 g/mol. The van der Waals surface area contributed by atoms with Crippen molar-refractivity contribution in [3.63, 3.8) is 0 Å². The van der Waals surface area contributed by atoms with E-state index < -0.39 is 5.72 Å². The summed E-state index contributed by atoms with van der Waals surface area (Å²) in [5.41, 5.74) is 5.65. The highest BCUT2D eigenvalue weighted by Gasteiger charge is 2.28. The molecule has 1 unspecified atom stereocenters. The molecular formula is C13H22N2O2. The molecule has 4 nitrogen and oxygen atoms in total. The molecule has 1 aromatic rings. The molecule has 0 aromatic heterocycles. The van der Waals surface area contributed by atoms with Crippen molar-refractivity contribution in [3.05, 3.63) is 29.8 Å². The minimum Gasteiger partial charge on any atom is -0.497 e. The molecule has 0 radical (unpaired) electrons. The van der Waals surface area contributed by atoms with Crippen LogP contribution in [0.2, 0.25) is 0 Å². The lowest BCUT2D eigenvalue weighted by Gasteiger charge is -2.32. The van der Waals surface area contributed by atoms with Gasteiger partial charge in [0, 0.05) is 13.1 Å². The molecule has 0 saturated carbocycles. The molecular weight excluding hydrogens is 216 g/mol. The number of methoxy groups -OCH3 is 1. The van der Waals surface area contributed by atoms with Crippen LogP contribution in [0.15, 0.2) is 24.3 Å². The Bertz CT molecular complexity index is 338. The number of nitrogens with one attached hydrogen (secondary N) is 1. The summed E-state index contributed by atoms with van der Waals surface area (Å²) in [6, 6.07) is 7.72. The van der Waals surface area contributed by atoms with Gasteiger partial charge < -0.3 is 15.6 Å².